The number of halogens is 1. The minimum absolute atomic E-state index is 0.0205. The zero-order valence-electron chi connectivity index (χ0n) is 14.2. The smallest absolute Gasteiger partial charge is 0.191 e. The lowest BCUT2D eigenvalue weighted by Crippen LogP contribution is -2.38. The average Bonchev–Trinajstić information content (AvgIpc) is 2.51. The molecule has 0 spiro atoms. The van der Waals surface area contributed by atoms with Crippen molar-refractivity contribution in [1.29, 1.82) is 0 Å². The summed E-state index contributed by atoms with van der Waals surface area (Å²) in [7, 11) is -2.99. The normalized spacial score (nSPS) is 12.2. The highest BCUT2D eigenvalue weighted by molar-refractivity contribution is 7.90. The quantitative estimate of drug-likeness (QED) is 0.370. The van der Waals surface area contributed by atoms with Crippen LogP contribution in [-0.2, 0) is 21.0 Å². The Morgan fingerprint density at radius 3 is 2.54 bits per heavy atom. The first-order chi connectivity index (χ1) is 11.4. The Bertz CT molecular complexity index is 603. The number of benzene rings is 1. The summed E-state index contributed by atoms with van der Waals surface area (Å²) in [5.41, 5.74) is 1.05. The van der Waals surface area contributed by atoms with Crippen molar-refractivity contribution in [2.24, 2.45) is 4.99 Å². The molecule has 136 valence electrons. The van der Waals surface area contributed by atoms with Crippen molar-refractivity contribution in [3.8, 4) is 0 Å². The van der Waals surface area contributed by atoms with Gasteiger partial charge in [-0.3, -0.25) is 4.99 Å². The average molecular weight is 359 g/mol. The van der Waals surface area contributed by atoms with Gasteiger partial charge in [0.25, 0.3) is 0 Å². The highest BCUT2D eigenvalue weighted by atomic mass is 32.2. The summed E-state index contributed by atoms with van der Waals surface area (Å²) in [6, 6.07) is 6.42. The molecule has 2 N–H and O–H groups in total. The van der Waals surface area contributed by atoms with Gasteiger partial charge in [0.15, 0.2) is 5.96 Å². The van der Waals surface area contributed by atoms with Crippen molar-refractivity contribution < 1.29 is 17.5 Å². The second-order valence-electron chi connectivity index (χ2n) is 5.31. The van der Waals surface area contributed by atoms with E-state index in [-0.39, 0.29) is 18.2 Å². The van der Waals surface area contributed by atoms with E-state index in [2.05, 4.69) is 15.6 Å². The van der Waals surface area contributed by atoms with Gasteiger partial charge in [-0.1, -0.05) is 12.1 Å². The third kappa shape index (κ3) is 10.2. The largest absolute Gasteiger partial charge is 0.378 e. The fourth-order valence-corrected chi connectivity index (χ4v) is 2.27. The number of aliphatic imine (C=N–C) groups is 1. The number of hydrogen-bond donors (Lipinski definition) is 2. The van der Waals surface area contributed by atoms with Gasteiger partial charge in [-0.25, -0.2) is 12.8 Å². The number of guanidine groups is 1. The molecule has 0 aliphatic heterocycles. The van der Waals surface area contributed by atoms with Gasteiger partial charge in [0.05, 0.1) is 25.5 Å². The van der Waals surface area contributed by atoms with Crippen LogP contribution in [0.25, 0.3) is 0 Å². The second kappa shape index (κ2) is 11.0. The molecule has 0 saturated carbocycles. The van der Waals surface area contributed by atoms with Crippen LogP contribution in [-0.4, -0.2) is 59.2 Å². The highest BCUT2D eigenvalue weighted by Crippen LogP contribution is 2.02. The summed E-state index contributed by atoms with van der Waals surface area (Å²) in [6.45, 7) is 4.37. The third-order valence-electron chi connectivity index (χ3n) is 3.07. The molecule has 0 amide bonds. The Hall–Kier alpha value is -1.67. The Kier molecular flexibility index (Phi) is 9.33. The molecule has 0 atom stereocenters. The maximum Gasteiger partial charge on any atom is 0.191 e. The summed E-state index contributed by atoms with van der Waals surface area (Å²) >= 11 is 0. The van der Waals surface area contributed by atoms with Crippen LogP contribution in [0.2, 0.25) is 0 Å². The molecule has 8 heteroatoms. The molecule has 1 aromatic rings. The summed E-state index contributed by atoms with van der Waals surface area (Å²) < 4.78 is 40.0. The van der Waals surface area contributed by atoms with Crippen molar-refractivity contribution in [2.75, 3.05) is 44.9 Å². The summed E-state index contributed by atoms with van der Waals surface area (Å²) in [4.78, 5) is 4.35. The first kappa shape index (κ1) is 20.4. The van der Waals surface area contributed by atoms with Gasteiger partial charge in [0.2, 0.25) is 0 Å². The molecule has 1 rings (SSSR count). The van der Waals surface area contributed by atoms with Gasteiger partial charge in [0.1, 0.15) is 15.7 Å². The van der Waals surface area contributed by atoms with E-state index in [1.807, 2.05) is 6.92 Å². The van der Waals surface area contributed by atoms with Crippen LogP contribution in [0.15, 0.2) is 29.3 Å². The zero-order chi connectivity index (χ0) is 17.8. The van der Waals surface area contributed by atoms with E-state index in [0.29, 0.717) is 25.7 Å². The summed E-state index contributed by atoms with van der Waals surface area (Å²) in [6.07, 6.45) is 1.94. The first-order valence-corrected chi connectivity index (χ1v) is 9.99. The molecule has 0 fully saturated rings. The van der Waals surface area contributed by atoms with Crippen LogP contribution < -0.4 is 10.6 Å². The fourth-order valence-electron chi connectivity index (χ4n) is 1.85. The zero-order valence-corrected chi connectivity index (χ0v) is 15.0. The van der Waals surface area contributed by atoms with Gasteiger partial charge < -0.3 is 15.4 Å². The summed E-state index contributed by atoms with van der Waals surface area (Å²) in [5, 5.41) is 6.31. The van der Waals surface area contributed by atoms with Crippen LogP contribution in [0, 0.1) is 5.82 Å². The lowest BCUT2D eigenvalue weighted by molar-refractivity contribution is 0.157. The molecule has 24 heavy (non-hydrogen) atoms. The number of hydrogen-bond acceptors (Lipinski definition) is 4. The lowest BCUT2D eigenvalue weighted by atomic mass is 10.1. The Morgan fingerprint density at radius 2 is 1.92 bits per heavy atom. The molecule has 6 nitrogen and oxygen atoms in total. The van der Waals surface area contributed by atoms with Crippen LogP contribution in [0.4, 0.5) is 4.39 Å². The number of nitrogens with one attached hydrogen (secondary N) is 2. The fraction of sp³-hybridized carbons (Fsp3) is 0.562. The number of sulfone groups is 1. The number of rotatable bonds is 10. The molecule has 0 bridgehead atoms. The van der Waals surface area contributed by atoms with Crippen molar-refractivity contribution >= 4 is 15.8 Å². The van der Waals surface area contributed by atoms with Crippen molar-refractivity contribution in [1.82, 2.24) is 10.6 Å². The van der Waals surface area contributed by atoms with Crippen LogP contribution >= 0.6 is 0 Å². The molecule has 1 aromatic carbocycles. The molecular formula is C16H26FN3O3S. The molecule has 0 unspecified atom stereocenters. The summed E-state index contributed by atoms with van der Waals surface area (Å²) in [5.74, 6) is 0.455. The van der Waals surface area contributed by atoms with Crippen LogP contribution in [0.5, 0.6) is 0 Å². The number of ether oxygens (including phenoxy) is 1. The first-order valence-electron chi connectivity index (χ1n) is 7.93. The van der Waals surface area contributed by atoms with E-state index in [0.717, 1.165) is 18.5 Å². The monoisotopic (exact) mass is 359 g/mol. The third-order valence-corrected chi connectivity index (χ3v) is 3.98. The van der Waals surface area contributed by atoms with E-state index in [9.17, 15) is 12.8 Å². The SMILES string of the molecule is CCNC(=NCCOCCS(C)(=O)=O)NCCc1ccc(F)cc1. The lowest BCUT2D eigenvalue weighted by Gasteiger charge is -2.11. The van der Waals surface area contributed by atoms with Crippen molar-refractivity contribution in [3.63, 3.8) is 0 Å². The molecule has 0 aliphatic carbocycles. The standard InChI is InChI=1S/C16H26FN3O3S/c1-3-18-16(20-10-11-23-12-13-24(2,21)22)19-9-8-14-4-6-15(17)7-5-14/h4-7H,3,8-13H2,1-2H3,(H2,18,19,20). The molecule has 0 aromatic heterocycles. The minimum Gasteiger partial charge on any atom is -0.378 e. The van der Waals surface area contributed by atoms with Crippen molar-refractivity contribution in [2.45, 2.75) is 13.3 Å². The molecule has 0 saturated heterocycles. The number of nitrogens with zero attached hydrogens (tertiary/aromatic N) is 1. The van der Waals surface area contributed by atoms with Crippen molar-refractivity contribution in [3.05, 3.63) is 35.6 Å². The van der Waals surface area contributed by atoms with Gasteiger partial charge >= 0.3 is 0 Å². The van der Waals surface area contributed by atoms with E-state index < -0.39 is 9.84 Å². The Morgan fingerprint density at radius 1 is 1.21 bits per heavy atom. The molecule has 0 radical (unpaired) electrons. The Labute approximate surface area is 143 Å². The minimum atomic E-state index is -2.99. The van der Waals surface area contributed by atoms with Crippen LogP contribution in [0.3, 0.4) is 0 Å². The van der Waals surface area contributed by atoms with Crippen LogP contribution in [0.1, 0.15) is 12.5 Å². The van der Waals surface area contributed by atoms with Gasteiger partial charge in [-0.15, -0.1) is 0 Å². The van der Waals surface area contributed by atoms with Gasteiger partial charge in [-0.05, 0) is 31.0 Å². The van der Waals surface area contributed by atoms with E-state index in [1.165, 1.54) is 18.4 Å². The maximum atomic E-state index is 12.8. The molecule has 0 heterocycles. The highest BCUT2D eigenvalue weighted by Gasteiger charge is 2.01. The van der Waals surface area contributed by atoms with Gasteiger partial charge in [0, 0.05) is 19.3 Å². The molecular weight excluding hydrogens is 333 g/mol. The van der Waals surface area contributed by atoms with E-state index >= 15 is 0 Å². The predicted octanol–water partition coefficient (Wildman–Crippen LogP) is 0.985. The van der Waals surface area contributed by atoms with Gasteiger partial charge in [-0.2, -0.15) is 0 Å². The second-order valence-corrected chi connectivity index (χ2v) is 7.57. The maximum absolute atomic E-state index is 12.8. The van der Waals surface area contributed by atoms with E-state index in [4.69, 9.17) is 4.74 Å². The molecule has 0 aliphatic rings. The Balaban J connectivity index is 2.27. The topological polar surface area (TPSA) is 79.8 Å². The van der Waals surface area contributed by atoms with E-state index in [1.54, 1.807) is 12.1 Å². The predicted molar refractivity (Wildman–Crippen MR) is 94.6 cm³/mol.